The van der Waals surface area contributed by atoms with Crippen molar-refractivity contribution in [2.75, 3.05) is 11.1 Å². The van der Waals surface area contributed by atoms with Gasteiger partial charge in [0, 0.05) is 35.4 Å². The van der Waals surface area contributed by atoms with E-state index in [4.69, 9.17) is 0 Å². The first-order valence-electron chi connectivity index (χ1n) is 8.99. The van der Waals surface area contributed by atoms with E-state index in [1.807, 2.05) is 68.1 Å². The number of nitrogens with zero attached hydrogens (tertiary/aromatic N) is 3. The molecule has 0 bridgehead atoms. The van der Waals surface area contributed by atoms with Crippen LogP contribution in [0, 0.1) is 13.8 Å². The number of anilines is 1. The molecule has 0 saturated heterocycles. The molecule has 0 saturated carbocycles. The predicted molar refractivity (Wildman–Crippen MR) is 114 cm³/mol. The minimum atomic E-state index is -0.0564. The summed E-state index contributed by atoms with van der Waals surface area (Å²) < 4.78 is 1.92. The molecule has 0 aliphatic heterocycles. The molecule has 2 aromatic heterocycles. The molecular weight excluding hydrogens is 370 g/mol. The van der Waals surface area contributed by atoms with Gasteiger partial charge in [0.05, 0.1) is 5.75 Å². The van der Waals surface area contributed by atoms with Crippen LogP contribution >= 0.6 is 11.8 Å². The quantitative estimate of drug-likeness (QED) is 0.497. The fraction of sp³-hybridized carbons (Fsp3) is 0.190. The molecular formula is C21H21N5OS. The maximum Gasteiger partial charge on any atom is 0.234 e. The maximum atomic E-state index is 12.4. The number of benzene rings is 2. The average Bonchev–Trinajstić information content (AvgIpc) is 3.26. The Hall–Kier alpha value is -3.06. The van der Waals surface area contributed by atoms with Crippen molar-refractivity contribution in [3.8, 4) is 11.4 Å². The van der Waals surface area contributed by atoms with Gasteiger partial charge in [0.2, 0.25) is 5.91 Å². The van der Waals surface area contributed by atoms with Crippen LogP contribution in [0.1, 0.15) is 11.1 Å². The van der Waals surface area contributed by atoms with E-state index in [-0.39, 0.29) is 11.7 Å². The average molecular weight is 392 g/mol. The number of aryl methyl sites for hydroxylation is 2. The number of hydrogen-bond acceptors (Lipinski definition) is 4. The number of thioether (sulfide) groups is 1. The van der Waals surface area contributed by atoms with Crippen molar-refractivity contribution >= 4 is 34.3 Å². The lowest BCUT2D eigenvalue weighted by Gasteiger charge is -2.11. The highest BCUT2D eigenvalue weighted by atomic mass is 32.2. The molecule has 28 heavy (non-hydrogen) atoms. The fourth-order valence-electron chi connectivity index (χ4n) is 3.25. The normalized spacial score (nSPS) is 11.1. The van der Waals surface area contributed by atoms with Crippen LogP contribution in [0.4, 0.5) is 5.69 Å². The van der Waals surface area contributed by atoms with E-state index < -0.39 is 0 Å². The Kier molecular flexibility index (Phi) is 4.92. The number of fused-ring (bicyclic) bond motifs is 1. The van der Waals surface area contributed by atoms with E-state index in [9.17, 15) is 4.79 Å². The number of hydrogen-bond donors (Lipinski definition) is 2. The van der Waals surface area contributed by atoms with Crippen molar-refractivity contribution in [2.24, 2.45) is 7.05 Å². The van der Waals surface area contributed by atoms with E-state index in [1.54, 1.807) is 0 Å². The van der Waals surface area contributed by atoms with Gasteiger partial charge >= 0.3 is 0 Å². The molecule has 7 heteroatoms. The fourth-order valence-corrected chi connectivity index (χ4v) is 3.96. The van der Waals surface area contributed by atoms with E-state index >= 15 is 0 Å². The second-order valence-electron chi connectivity index (χ2n) is 6.72. The van der Waals surface area contributed by atoms with Crippen molar-refractivity contribution in [3.05, 3.63) is 59.8 Å². The highest BCUT2D eigenvalue weighted by Crippen LogP contribution is 2.29. The van der Waals surface area contributed by atoms with Gasteiger partial charge in [0.25, 0.3) is 0 Å². The molecule has 142 valence electrons. The number of carbonyl (C=O) groups is 1. The van der Waals surface area contributed by atoms with Gasteiger partial charge in [-0.1, -0.05) is 48.2 Å². The minimum Gasteiger partial charge on any atom is -0.360 e. The molecule has 2 aromatic carbocycles. The Balaban J connectivity index is 1.49. The van der Waals surface area contributed by atoms with Crippen molar-refractivity contribution in [3.63, 3.8) is 0 Å². The molecule has 0 fully saturated rings. The molecule has 4 aromatic rings. The predicted octanol–water partition coefficient (Wildman–Crippen LogP) is 4.31. The van der Waals surface area contributed by atoms with Crippen LogP contribution in [-0.2, 0) is 11.8 Å². The molecule has 6 nitrogen and oxygen atoms in total. The number of carbonyl (C=O) groups excluding carboxylic acids is 1. The van der Waals surface area contributed by atoms with Crippen LogP contribution in [0.5, 0.6) is 0 Å². The number of H-pyrrole nitrogens is 1. The summed E-state index contributed by atoms with van der Waals surface area (Å²) in [4.78, 5) is 15.7. The second-order valence-corrected chi connectivity index (χ2v) is 7.66. The number of aromatic nitrogens is 4. The van der Waals surface area contributed by atoms with E-state index in [0.29, 0.717) is 5.16 Å². The van der Waals surface area contributed by atoms with Crippen molar-refractivity contribution in [1.29, 1.82) is 0 Å². The second kappa shape index (κ2) is 7.52. The van der Waals surface area contributed by atoms with Gasteiger partial charge in [-0.25, -0.2) is 0 Å². The standard InChI is InChI=1S/C21H21N5OS/c1-13-7-6-8-14(2)19(13)23-18(27)12-28-21-25-24-20(26(21)3)16-11-22-17-10-5-4-9-15(16)17/h4-11,22H,12H2,1-3H3,(H,23,27). The lowest BCUT2D eigenvalue weighted by atomic mass is 10.1. The summed E-state index contributed by atoms with van der Waals surface area (Å²) in [7, 11) is 1.92. The molecule has 2 N–H and O–H groups in total. The van der Waals surface area contributed by atoms with Gasteiger partial charge in [-0.05, 0) is 31.0 Å². The summed E-state index contributed by atoms with van der Waals surface area (Å²) in [6.45, 7) is 3.98. The number of para-hydroxylation sites is 2. The van der Waals surface area contributed by atoms with Gasteiger partial charge in [-0.3, -0.25) is 4.79 Å². The number of nitrogens with one attached hydrogen (secondary N) is 2. The Morgan fingerprint density at radius 2 is 1.86 bits per heavy atom. The minimum absolute atomic E-state index is 0.0564. The summed E-state index contributed by atoms with van der Waals surface area (Å²) in [6, 6.07) is 14.1. The maximum absolute atomic E-state index is 12.4. The Morgan fingerprint density at radius 1 is 1.11 bits per heavy atom. The van der Waals surface area contributed by atoms with Gasteiger partial charge < -0.3 is 14.9 Å². The molecule has 0 spiro atoms. The molecule has 0 radical (unpaired) electrons. The number of amides is 1. The Bertz CT molecular complexity index is 1140. The molecule has 0 unspecified atom stereocenters. The van der Waals surface area contributed by atoms with E-state index in [2.05, 4.69) is 26.6 Å². The first-order valence-corrected chi connectivity index (χ1v) is 9.98. The third-order valence-electron chi connectivity index (χ3n) is 4.74. The molecule has 2 heterocycles. The first kappa shape index (κ1) is 18.3. The van der Waals surface area contributed by atoms with Gasteiger partial charge in [0.1, 0.15) is 0 Å². The summed E-state index contributed by atoms with van der Waals surface area (Å²) >= 11 is 1.38. The molecule has 1 amide bonds. The zero-order valence-corrected chi connectivity index (χ0v) is 16.8. The van der Waals surface area contributed by atoms with Crippen molar-refractivity contribution in [2.45, 2.75) is 19.0 Å². The van der Waals surface area contributed by atoms with E-state index in [0.717, 1.165) is 39.1 Å². The van der Waals surface area contributed by atoms with Crippen molar-refractivity contribution < 1.29 is 4.79 Å². The summed E-state index contributed by atoms with van der Waals surface area (Å²) in [5.41, 5.74) is 5.04. The van der Waals surface area contributed by atoms with Crippen LogP contribution in [0.2, 0.25) is 0 Å². The third-order valence-corrected chi connectivity index (χ3v) is 5.76. The van der Waals surface area contributed by atoms with E-state index in [1.165, 1.54) is 11.8 Å². The third kappa shape index (κ3) is 3.41. The Labute approximate surface area is 167 Å². The lowest BCUT2D eigenvalue weighted by molar-refractivity contribution is -0.113. The largest absolute Gasteiger partial charge is 0.360 e. The molecule has 0 aliphatic carbocycles. The van der Waals surface area contributed by atoms with Crippen LogP contribution in [0.15, 0.2) is 53.8 Å². The topological polar surface area (TPSA) is 75.6 Å². The zero-order valence-electron chi connectivity index (χ0n) is 16.0. The summed E-state index contributed by atoms with van der Waals surface area (Å²) in [6.07, 6.45) is 1.94. The van der Waals surface area contributed by atoms with Gasteiger partial charge in [0.15, 0.2) is 11.0 Å². The number of aromatic amines is 1. The molecule has 0 atom stereocenters. The number of rotatable bonds is 5. The first-order chi connectivity index (χ1) is 13.5. The van der Waals surface area contributed by atoms with Crippen LogP contribution < -0.4 is 5.32 Å². The van der Waals surface area contributed by atoms with Gasteiger partial charge in [-0.15, -0.1) is 10.2 Å². The van der Waals surface area contributed by atoms with Crippen molar-refractivity contribution in [1.82, 2.24) is 19.7 Å². The summed E-state index contributed by atoms with van der Waals surface area (Å²) in [5, 5.41) is 13.4. The van der Waals surface area contributed by atoms with Crippen LogP contribution in [0.25, 0.3) is 22.3 Å². The Morgan fingerprint density at radius 3 is 2.64 bits per heavy atom. The summed E-state index contributed by atoms with van der Waals surface area (Å²) in [5.74, 6) is 0.988. The SMILES string of the molecule is Cc1cccc(C)c1NC(=O)CSc1nnc(-c2c[nH]c3ccccc23)n1C. The zero-order chi connectivity index (χ0) is 19.7. The van der Waals surface area contributed by atoms with Crippen LogP contribution in [0.3, 0.4) is 0 Å². The molecule has 0 aliphatic rings. The highest BCUT2D eigenvalue weighted by molar-refractivity contribution is 7.99. The highest BCUT2D eigenvalue weighted by Gasteiger charge is 2.16. The monoisotopic (exact) mass is 391 g/mol. The lowest BCUT2D eigenvalue weighted by Crippen LogP contribution is -2.16. The molecule has 4 rings (SSSR count). The smallest absolute Gasteiger partial charge is 0.234 e. The van der Waals surface area contributed by atoms with Crippen LogP contribution in [-0.4, -0.2) is 31.4 Å². The van der Waals surface area contributed by atoms with Gasteiger partial charge in [-0.2, -0.15) is 0 Å².